The molecule has 2 rings (SSSR count). The lowest BCUT2D eigenvalue weighted by atomic mass is 9.91. The third-order valence-electron chi connectivity index (χ3n) is 2.41. The fourth-order valence-corrected chi connectivity index (χ4v) is 2.00. The Morgan fingerprint density at radius 3 is 3.31 bits per heavy atom. The van der Waals surface area contributed by atoms with Crippen LogP contribution >= 0.6 is 11.3 Å². The van der Waals surface area contributed by atoms with Gasteiger partial charge in [-0.15, -0.1) is 0 Å². The van der Waals surface area contributed by atoms with Crippen molar-refractivity contribution in [3.05, 3.63) is 11.6 Å². The van der Waals surface area contributed by atoms with Crippen LogP contribution in [0.5, 0.6) is 5.19 Å². The number of aromatic nitrogens is 1. The molecule has 0 radical (unpaired) electrons. The van der Waals surface area contributed by atoms with E-state index in [1.54, 1.807) is 17.5 Å². The standard InChI is InChI=1S/C9H14N2OS/c1-9(2-3-10-6-9)7-12-8-11-4-5-13-8/h4-5,10H,2-3,6-7H2,1H3. The van der Waals surface area contributed by atoms with E-state index in [0.717, 1.165) is 24.9 Å². The molecular formula is C9H14N2OS. The van der Waals surface area contributed by atoms with E-state index in [4.69, 9.17) is 4.74 Å². The van der Waals surface area contributed by atoms with Crippen LogP contribution in [-0.4, -0.2) is 24.7 Å². The molecule has 13 heavy (non-hydrogen) atoms. The topological polar surface area (TPSA) is 34.1 Å². The molecule has 72 valence electrons. The molecule has 0 aromatic carbocycles. The van der Waals surface area contributed by atoms with Gasteiger partial charge in [0.25, 0.3) is 5.19 Å². The second-order valence-electron chi connectivity index (χ2n) is 3.82. The summed E-state index contributed by atoms with van der Waals surface area (Å²) in [5, 5.41) is 6.07. The van der Waals surface area contributed by atoms with Gasteiger partial charge >= 0.3 is 0 Å². The Bertz CT molecular complexity index is 255. The summed E-state index contributed by atoms with van der Waals surface area (Å²) in [6.07, 6.45) is 2.97. The van der Waals surface area contributed by atoms with E-state index in [1.807, 2.05) is 5.38 Å². The largest absolute Gasteiger partial charge is 0.469 e. The van der Waals surface area contributed by atoms with Crippen molar-refractivity contribution in [3.8, 4) is 5.19 Å². The highest BCUT2D eigenvalue weighted by molar-refractivity contribution is 7.11. The zero-order valence-corrected chi connectivity index (χ0v) is 8.56. The minimum atomic E-state index is 0.297. The summed E-state index contributed by atoms with van der Waals surface area (Å²) in [6.45, 7) is 5.18. The van der Waals surface area contributed by atoms with Gasteiger partial charge in [-0.2, -0.15) is 0 Å². The zero-order chi connectivity index (χ0) is 9.15. The molecule has 0 aliphatic carbocycles. The Kier molecular flexibility index (Phi) is 2.51. The minimum Gasteiger partial charge on any atom is -0.469 e. The summed E-state index contributed by atoms with van der Waals surface area (Å²) < 4.78 is 5.60. The van der Waals surface area contributed by atoms with E-state index in [0.29, 0.717) is 5.41 Å². The molecule has 0 amide bonds. The molecule has 1 atom stereocenters. The molecular weight excluding hydrogens is 184 g/mol. The molecule has 0 spiro atoms. The third kappa shape index (κ3) is 2.19. The molecule has 1 aliphatic heterocycles. The number of nitrogens with one attached hydrogen (secondary N) is 1. The predicted octanol–water partition coefficient (Wildman–Crippen LogP) is 1.52. The lowest BCUT2D eigenvalue weighted by Gasteiger charge is -2.21. The van der Waals surface area contributed by atoms with E-state index in [-0.39, 0.29) is 0 Å². The van der Waals surface area contributed by atoms with Crippen molar-refractivity contribution < 1.29 is 4.74 Å². The van der Waals surface area contributed by atoms with E-state index in [2.05, 4.69) is 17.2 Å². The molecule has 0 saturated carbocycles. The van der Waals surface area contributed by atoms with Gasteiger partial charge in [0, 0.05) is 23.5 Å². The average molecular weight is 198 g/mol. The summed E-state index contributed by atoms with van der Waals surface area (Å²) in [6, 6.07) is 0. The number of ether oxygens (including phenoxy) is 1. The zero-order valence-electron chi connectivity index (χ0n) is 7.75. The lowest BCUT2D eigenvalue weighted by molar-refractivity contribution is 0.180. The fraction of sp³-hybridized carbons (Fsp3) is 0.667. The Morgan fingerprint density at radius 2 is 2.69 bits per heavy atom. The highest BCUT2D eigenvalue weighted by Gasteiger charge is 2.29. The molecule has 1 unspecified atom stereocenters. The van der Waals surface area contributed by atoms with Gasteiger partial charge in [0.15, 0.2) is 0 Å². The van der Waals surface area contributed by atoms with Crippen LogP contribution < -0.4 is 10.1 Å². The molecule has 1 aromatic heterocycles. The number of rotatable bonds is 3. The molecule has 0 bridgehead atoms. The van der Waals surface area contributed by atoms with Crippen LogP contribution in [0.3, 0.4) is 0 Å². The van der Waals surface area contributed by atoms with Crippen LogP contribution in [0.2, 0.25) is 0 Å². The van der Waals surface area contributed by atoms with Crippen molar-refractivity contribution >= 4 is 11.3 Å². The summed E-state index contributed by atoms with van der Waals surface area (Å²) >= 11 is 1.55. The van der Waals surface area contributed by atoms with Crippen molar-refractivity contribution in [1.82, 2.24) is 10.3 Å². The van der Waals surface area contributed by atoms with Crippen LogP contribution in [0.4, 0.5) is 0 Å². The number of nitrogens with zero attached hydrogens (tertiary/aromatic N) is 1. The van der Waals surface area contributed by atoms with Crippen molar-refractivity contribution in [3.63, 3.8) is 0 Å². The highest BCUT2D eigenvalue weighted by Crippen LogP contribution is 2.26. The van der Waals surface area contributed by atoms with Gasteiger partial charge in [0.05, 0.1) is 6.61 Å². The maximum Gasteiger partial charge on any atom is 0.273 e. The van der Waals surface area contributed by atoms with Gasteiger partial charge in [-0.3, -0.25) is 0 Å². The average Bonchev–Trinajstić information content (AvgIpc) is 2.72. The van der Waals surface area contributed by atoms with Crippen LogP contribution in [0.1, 0.15) is 13.3 Å². The summed E-state index contributed by atoms with van der Waals surface area (Å²) in [4.78, 5) is 4.08. The van der Waals surface area contributed by atoms with Crippen molar-refractivity contribution in [2.24, 2.45) is 5.41 Å². The first kappa shape index (κ1) is 8.97. The maximum atomic E-state index is 5.60. The van der Waals surface area contributed by atoms with Gasteiger partial charge in [0.2, 0.25) is 0 Å². The lowest BCUT2D eigenvalue weighted by Crippen LogP contribution is -2.27. The van der Waals surface area contributed by atoms with Crippen LogP contribution in [0.25, 0.3) is 0 Å². The van der Waals surface area contributed by atoms with Crippen molar-refractivity contribution in [2.75, 3.05) is 19.7 Å². The quantitative estimate of drug-likeness (QED) is 0.799. The molecule has 4 heteroatoms. The monoisotopic (exact) mass is 198 g/mol. The van der Waals surface area contributed by atoms with E-state index < -0.39 is 0 Å². The molecule has 1 fully saturated rings. The Balaban J connectivity index is 1.85. The van der Waals surface area contributed by atoms with Crippen LogP contribution in [0.15, 0.2) is 11.6 Å². The smallest absolute Gasteiger partial charge is 0.273 e. The predicted molar refractivity (Wildman–Crippen MR) is 53.2 cm³/mol. The van der Waals surface area contributed by atoms with Gasteiger partial charge in [0.1, 0.15) is 0 Å². The van der Waals surface area contributed by atoms with Crippen LogP contribution in [-0.2, 0) is 0 Å². The Hall–Kier alpha value is -0.610. The first-order valence-corrected chi connectivity index (χ1v) is 5.40. The Morgan fingerprint density at radius 1 is 1.77 bits per heavy atom. The Labute approximate surface area is 82.1 Å². The van der Waals surface area contributed by atoms with E-state index in [9.17, 15) is 0 Å². The van der Waals surface area contributed by atoms with Gasteiger partial charge in [-0.1, -0.05) is 18.3 Å². The first-order valence-electron chi connectivity index (χ1n) is 4.52. The first-order chi connectivity index (χ1) is 6.29. The van der Waals surface area contributed by atoms with Gasteiger partial charge in [-0.05, 0) is 13.0 Å². The maximum absolute atomic E-state index is 5.60. The highest BCUT2D eigenvalue weighted by atomic mass is 32.1. The summed E-state index contributed by atoms with van der Waals surface area (Å²) in [7, 11) is 0. The fourth-order valence-electron chi connectivity index (χ4n) is 1.51. The molecule has 3 nitrogen and oxygen atoms in total. The van der Waals surface area contributed by atoms with Crippen LogP contribution in [0, 0.1) is 5.41 Å². The normalized spacial score (nSPS) is 27.8. The summed E-state index contributed by atoms with van der Waals surface area (Å²) in [5.41, 5.74) is 0.297. The second-order valence-corrected chi connectivity index (χ2v) is 4.68. The van der Waals surface area contributed by atoms with E-state index in [1.165, 1.54) is 6.42 Å². The number of hydrogen-bond acceptors (Lipinski definition) is 4. The van der Waals surface area contributed by atoms with Crippen molar-refractivity contribution in [2.45, 2.75) is 13.3 Å². The molecule has 1 N–H and O–H groups in total. The van der Waals surface area contributed by atoms with E-state index >= 15 is 0 Å². The van der Waals surface area contributed by atoms with Gasteiger partial charge in [-0.25, -0.2) is 4.98 Å². The molecule has 1 aromatic rings. The molecule has 1 saturated heterocycles. The second kappa shape index (κ2) is 3.64. The minimum absolute atomic E-state index is 0.297. The number of hydrogen-bond donors (Lipinski definition) is 1. The summed E-state index contributed by atoms with van der Waals surface area (Å²) in [5.74, 6) is 0. The molecule has 1 aliphatic rings. The van der Waals surface area contributed by atoms with Gasteiger partial charge < -0.3 is 10.1 Å². The molecule has 2 heterocycles. The van der Waals surface area contributed by atoms with Crippen molar-refractivity contribution in [1.29, 1.82) is 0 Å². The third-order valence-corrected chi connectivity index (χ3v) is 3.09. The number of thiazole rings is 1. The SMILES string of the molecule is CC1(COc2nccs2)CCNC1.